The SMILES string of the molecule is CCNC(=NCC(C)(O)c1ccc(C)o1)NCCNS(=O)(=O)c1cccs1.I. The molecule has 0 amide bonds. The molecule has 4 N–H and O–H groups in total. The number of guanidine groups is 1. The molecule has 158 valence electrons. The van der Waals surface area contributed by atoms with Gasteiger partial charge in [0.1, 0.15) is 21.3 Å². The molecule has 0 aliphatic carbocycles. The number of halogens is 1. The van der Waals surface area contributed by atoms with Gasteiger partial charge in [0.2, 0.25) is 10.0 Å². The molecule has 11 heteroatoms. The fourth-order valence-corrected chi connectivity index (χ4v) is 4.30. The van der Waals surface area contributed by atoms with Crippen LogP contribution in [0.25, 0.3) is 0 Å². The van der Waals surface area contributed by atoms with Crippen molar-refractivity contribution >= 4 is 51.3 Å². The molecule has 0 radical (unpaired) electrons. The number of aliphatic imine (C=N–C) groups is 1. The van der Waals surface area contributed by atoms with E-state index in [1.54, 1.807) is 36.6 Å². The summed E-state index contributed by atoms with van der Waals surface area (Å²) < 4.78 is 32.4. The quantitative estimate of drug-likeness (QED) is 0.167. The van der Waals surface area contributed by atoms with Crippen LogP contribution in [0.3, 0.4) is 0 Å². The molecule has 2 aromatic rings. The second-order valence-electron chi connectivity index (χ2n) is 6.14. The lowest BCUT2D eigenvalue weighted by molar-refractivity contribution is 0.0428. The fraction of sp³-hybridized carbons (Fsp3) is 0.471. The number of sulfonamides is 1. The van der Waals surface area contributed by atoms with Gasteiger partial charge in [-0.15, -0.1) is 35.3 Å². The topological polar surface area (TPSA) is 116 Å². The number of furan rings is 1. The normalized spacial score (nSPS) is 14.2. The average molecular weight is 542 g/mol. The van der Waals surface area contributed by atoms with E-state index in [0.29, 0.717) is 24.8 Å². The monoisotopic (exact) mass is 542 g/mol. The Balaban J connectivity index is 0.00000392. The summed E-state index contributed by atoms with van der Waals surface area (Å²) in [5, 5.41) is 18.4. The van der Waals surface area contributed by atoms with E-state index in [2.05, 4.69) is 20.3 Å². The van der Waals surface area contributed by atoms with E-state index in [-0.39, 0.29) is 41.3 Å². The minimum atomic E-state index is -3.48. The Kier molecular flexibility index (Phi) is 9.90. The van der Waals surface area contributed by atoms with Crippen molar-refractivity contribution in [2.24, 2.45) is 4.99 Å². The minimum Gasteiger partial charge on any atom is -0.463 e. The Labute approximate surface area is 186 Å². The average Bonchev–Trinajstić information content (AvgIpc) is 3.28. The third-order valence-corrected chi connectivity index (χ3v) is 6.49. The van der Waals surface area contributed by atoms with E-state index in [4.69, 9.17) is 4.42 Å². The van der Waals surface area contributed by atoms with Crippen LogP contribution >= 0.6 is 35.3 Å². The van der Waals surface area contributed by atoms with Crippen molar-refractivity contribution in [3.05, 3.63) is 41.2 Å². The maximum absolute atomic E-state index is 12.1. The summed E-state index contributed by atoms with van der Waals surface area (Å²) in [7, 11) is -3.48. The van der Waals surface area contributed by atoms with Gasteiger partial charge in [0.15, 0.2) is 5.96 Å². The van der Waals surface area contributed by atoms with Crippen molar-refractivity contribution in [2.75, 3.05) is 26.2 Å². The molecule has 8 nitrogen and oxygen atoms in total. The van der Waals surface area contributed by atoms with Gasteiger partial charge in [-0.2, -0.15) is 0 Å². The van der Waals surface area contributed by atoms with Gasteiger partial charge in [0, 0.05) is 19.6 Å². The van der Waals surface area contributed by atoms with Crippen molar-refractivity contribution in [3.63, 3.8) is 0 Å². The van der Waals surface area contributed by atoms with E-state index >= 15 is 0 Å². The van der Waals surface area contributed by atoms with E-state index in [1.807, 2.05) is 13.8 Å². The second kappa shape index (κ2) is 11.1. The Bertz CT molecular complexity index is 848. The van der Waals surface area contributed by atoms with Crippen LogP contribution in [-0.2, 0) is 15.6 Å². The molecule has 1 atom stereocenters. The molecule has 0 spiro atoms. The number of hydrogen-bond acceptors (Lipinski definition) is 6. The van der Waals surface area contributed by atoms with Crippen molar-refractivity contribution in [2.45, 2.75) is 30.6 Å². The molecule has 0 saturated heterocycles. The highest BCUT2D eigenvalue weighted by atomic mass is 127. The van der Waals surface area contributed by atoms with Crippen LogP contribution < -0.4 is 15.4 Å². The number of rotatable bonds is 9. The standard InChI is InChI=1S/C17H26N4O4S2.HI/c1-4-18-16(20-12-17(3,22)14-8-7-13(2)25-14)19-9-10-21-27(23,24)15-6-5-11-26-15;/h5-8,11,21-22H,4,9-10,12H2,1-3H3,(H2,18,19,20);1H. The predicted octanol–water partition coefficient (Wildman–Crippen LogP) is 2.01. The molecule has 2 aromatic heterocycles. The molecule has 0 fully saturated rings. The number of nitrogens with one attached hydrogen (secondary N) is 3. The predicted molar refractivity (Wildman–Crippen MR) is 122 cm³/mol. The van der Waals surface area contributed by atoms with E-state index in [0.717, 1.165) is 5.76 Å². The van der Waals surface area contributed by atoms with Gasteiger partial charge in [0.25, 0.3) is 0 Å². The molecule has 28 heavy (non-hydrogen) atoms. The van der Waals surface area contributed by atoms with Gasteiger partial charge >= 0.3 is 0 Å². The first-order valence-corrected chi connectivity index (χ1v) is 11.0. The third-order valence-electron chi connectivity index (χ3n) is 3.63. The van der Waals surface area contributed by atoms with Crippen LogP contribution in [0.15, 0.2) is 43.3 Å². The van der Waals surface area contributed by atoms with E-state index in [1.165, 1.54) is 11.3 Å². The van der Waals surface area contributed by atoms with Crippen LogP contribution in [0.2, 0.25) is 0 Å². The highest BCUT2D eigenvalue weighted by Crippen LogP contribution is 2.23. The largest absolute Gasteiger partial charge is 0.463 e. The lowest BCUT2D eigenvalue weighted by Gasteiger charge is -2.19. The molecule has 0 aliphatic heterocycles. The van der Waals surface area contributed by atoms with Gasteiger partial charge in [-0.25, -0.2) is 18.1 Å². The van der Waals surface area contributed by atoms with Crippen molar-refractivity contribution in [1.82, 2.24) is 15.4 Å². The summed E-state index contributed by atoms with van der Waals surface area (Å²) in [5.41, 5.74) is -1.24. The van der Waals surface area contributed by atoms with Crippen LogP contribution in [0, 0.1) is 6.92 Å². The van der Waals surface area contributed by atoms with Crippen molar-refractivity contribution in [3.8, 4) is 0 Å². The summed E-state index contributed by atoms with van der Waals surface area (Å²) in [5.74, 6) is 1.65. The molecular formula is C17H27IN4O4S2. The maximum Gasteiger partial charge on any atom is 0.250 e. The number of aliphatic hydroxyl groups is 1. The van der Waals surface area contributed by atoms with Crippen molar-refractivity contribution < 1.29 is 17.9 Å². The first-order valence-electron chi connectivity index (χ1n) is 8.59. The van der Waals surface area contributed by atoms with Gasteiger partial charge in [-0.05, 0) is 44.4 Å². The molecule has 0 aromatic carbocycles. The molecule has 2 heterocycles. The van der Waals surface area contributed by atoms with Gasteiger partial charge in [-0.3, -0.25) is 0 Å². The first kappa shape index (κ1) is 24.9. The Morgan fingerprint density at radius 3 is 2.61 bits per heavy atom. The zero-order chi connectivity index (χ0) is 19.9. The summed E-state index contributed by atoms with van der Waals surface area (Å²) in [4.78, 5) is 4.36. The maximum atomic E-state index is 12.1. The Hall–Kier alpha value is -1.15. The number of aryl methyl sites for hydroxylation is 1. The zero-order valence-corrected chi connectivity index (χ0v) is 20.0. The van der Waals surface area contributed by atoms with Gasteiger partial charge < -0.3 is 20.2 Å². The second-order valence-corrected chi connectivity index (χ2v) is 9.08. The molecule has 1 unspecified atom stereocenters. The first-order chi connectivity index (χ1) is 12.7. The highest BCUT2D eigenvalue weighted by Gasteiger charge is 2.26. The number of nitrogens with zero attached hydrogens (tertiary/aromatic N) is 1. The molecular weight excluding hydrogens is 515 g/mol. The zero-order valence-electron chi connectivity index (χ0n) is 16.1. The molecule has 0 aliphatic rings. The van der Waals surface area contributed by atoms with E-state index in [9.17, 15) is 13.5 Å². The molecule has 0 bridgehead atoms. The summed E-state index contributed by atoms with van der Waals surface area (Å²) in [6.45, 7) is 6.64. The number of thiophene rings is 1. The summed E-state index contributed by atoms with van der Waals surface area (Å²) in [6, 6.07) is 6.77. The molecule has 0 saturated carbocycles. The smallest absolute Gasteiger partial charge is 0.250 e. The van der Waals surface area contributed by atoms with Gasteiger partial charge in [0.05, 0.1) is 6.54 Å². The summed E-state index contributed by atoms with van der Waals surface area (Å²) >= 11 is 1.17. The Morgan fingerprint density at radius 2 is 2.04 bits per heavy atom. The van der Waals surface area contributed by atoms with Crippen LogP contribution in [0.5, 0.6) is 0 Å². The molecule has 2 rings (SSSR count). The number of hydrogen-bond donors (Lipinski definition) is 4. The minimum absolute atomic E-state index is 0. The fourth-order valence-electron chi connectivity index (χ4n) is 2.23. The van der Waals surface area contributed by atoms with Crippen LogP contribution in [-0.4, -0.2) is 45.7 Å². The lowest BCUT2D eigenvalue weighted by Crippen LogP contribution is -2.42. The summed E-state index contributed by atoms with van der Waals surface area (Å²) in [6.07, 6.45) is 0. The van der Waals surface area contributed by atoms with Crippen LogP contribution in [0.4, 0.5) is 0 Å². The Morgan fingerprint density at radius 1 is 1.29 bits per heavy atom. The van der Waals surface area contributed by atoms with Crippen LogP contribution in [0.1, 0.15) is 25.4 Å². The van der Waals surface area contributed by atoms with Crippen molar-refractivity contribution in [1.29, 1.82) is 0 Å². The van der Waals surface area contributed by atoms with Gasteiger partial charge in [-0.1, -0.05) is 6.07 Å². The third kappa shape index (κ3) is 7.35. The lowest BCUT2D eigenvalue weighted by atomic mass is 10.0. The highest BCUT2D eigenvalue weighted by molar-refractivity contribution is 14.0. The van der Waals surface area contributed by atoms with E-state index < -0.39 is 15.6 Å².